The number of methoxy groups -OCH3 is 2. The van der Waals surface area contributed by atoms with E-state index in [1.165, 1.54) is 14.2 Å². The van der Waals surface area contributed by atoms with E-state index in [1.807, 2.05) is 6.08 Å². The monoisotopic (exact) mass is 240 g/mol. The summed E-state index contributed by atoms with van der Waals surface area (Å²) in [6.07, 6.45) is 1.96. The fraction of sp³-hybridized carbons (Fsp3) is 0.750. The van der Waals surface area contributed by atoms with Crippen LogP contribution in [0.25, 0.3) is 0 Å². The largest absolute Gasteiger partial charge is 0.466 e. The SMILES string of the molecule is COC(=O)C1=C[C@@H]2C[C@H]3CO[C@@](OC)([C@@H]2O)[C@@H]13. The summed E-state index contributed by atoms with van der Waals surface area (Å²) < 4.78 is 15.9. The Kier molecular flexibility index (Phi) is 2.33. The molecule has 3 aliphatic carbocycles. The molecule has 0 spiro atoms. The lowest BCUT2D eigenvalue weighted by Gasteiger charge is -2.48. The quantitative estimate of drug-likeness (QED) is 0.693. The van der Waals surface area contributed by atoms with E-state index in [1.54, 1.807) is 0 Å². The number of aliphatic hydroxyl groups is 1. The molecule has 4 rings (SSSR count). The molecule has 0 radical (unpaired) electrons. The molecule has 0 amide bonds. The number of aliphatic hydroxyl groups excluding tert-OH is 1. The molecule has 1 saturated heterocycles. The van der Waals surface area contributed by atoms with Crippen molar-refractivity contribution in [3.05, 3.63) is 11.6 Å². The van der Waals surface area contributed by atoms with Gasteiger partial charge in [0.05, 0.1) is 19.6 Å². The smallest absolute Gasteiger partial charge is 0.333 e. The van der Waals surface area contributed by atoms with Crippen molar-refractivity contribution in [2.75, 3.05) is 20.8 Å². The number of rotatable bonds is 2. The van der Waals surface area contributed by atoms with Crippen molar-refractivity contribution in [1.29, 1.82) is 0 Å². The van der Waals surface area contributed by atoms with Crippen molar-refractivity contribution < 1.29 is 24.1 Å². The molecule has 94 valence electrons. The van der Waals surface area contributed by atoms with E-state index in [-0.39, 0.29) is 23.7 Å². The maximum Gasteiger partial charge on any atom is 0.333 e. The van der Waals surface area contributed by atoms with Crippen LogP contribution in [0.5, 0.6) is 0 Å². The molecule has 1 saturated carbocycles. The Hall–Kier alpha value is -0.910. The molecule has 4 bridgehead atoms. The van der Waals surface area contributed by atoms with Gasteiger partial charge in [0.1, 0.15) is 6.10 Å². The van der Waals surface area contributed by atoms with Gasteiger partial charge in [-0.1, -0.05) is 6.08 Å². The highest BCUT2D eigenvalue weighted by Gasteiger charge is 2.65. The van der Waals surface area contributed by atoms with E-state index in [2.05, 4.69) is 0 Å². The molecule has 4 aliphatic rings. The highest BCUT2D eigenvalue weighted by atomic mass is 16.7. The Bertz CT molecular complexity index is 390. The summed E-state index contributed by atoms with van der Waals surface area (Å²) in [5.74, 6) is -1.45. The minimum Gasteiger partial charge on any atom is -0.466 e. The normalized spacial score (nSPS) is 46.9. The Morgan fingerprint density at radius 2 is 2.35 bits per heavy atom. The van der Waals surface area contributed by atoms with Crippen LogP contribution in [0.2, 0.25) is 0 Å². The second-order valence-electron chi connectivity index (χ2n) is 4.93. The lowest BCUT2D eigenvalue weighted by atomic mass is 9.62. The van der Waals surface area contributed by atoms with E-state index in [9.17, 15) is 9.90 Å². The van der Waals surface area contributed by atoms with Crippen molar-refractivity contribution in [2.24, 2.45) is 17.8 Å². The second kappa shape index (κ2) is 3.54. The van der Waals surface area contributed by atoms with Gasteiger partial charge in [-0.25, -0.2) is 4.79 Å². The van der Waals surface area contributed by atoms with Gasteiger partial charge < -0.3 is 19.3 Å². The van der Waals surface area contributed by atoms with Gasteiger partial charge in [0.2, 0.25) is 5.79 Å². The van der Waals surface area contributed by atoms with Gasteiger partial charge in [-0.2, -0.15) is 0 Å². The van der Waals surface area contributed by atoms with Crippen molar-refractivity contribution in [1.82, 2.24) is 0 Å². The molecule has 5 heteroatoms. The molecule has 0 unspecified atom stereocenters. The number of esters is 1. The lowest BCUT2D eigenvalue weighted by Crippen LogP contribution is -2.59. The van der Waals surface area contributed by atoms with Crippen LogP contribution in [0.4, 0.5) is 0 Å². The van der Waals surface area contributed by atoms with Gasteiger partial charge in [-0.05, 0) is 12.3 Å². The first kappa shape index (κ1) is 11.2. The fourth-order valence-corrected chi connectivity index (χ4v) is 3.59. The summed E-state index contributed by atoms with van der Waals surface area (Å²) in [4.78, 5) is 11.8. The third-order valence-electron chi connectivity index (χ3n) is 4.29. The zero-order chi connectivity index (χ0) is 12.2. The van der Waals surface area contributed by atoms with Gasteiger partial charge in [0.15, 0.2) is 0 Å². The number of ether oxygens (including phenoxy) is 3. The summed E-state index contributed by atoms with van der Waals surface area (Å²) in [5.41, 5.74) is 0.596. The van der Waals surface area contributed by atoms with Crippen LogP contribution in [0.3, 0.4) is 0 Å². The van der Waals surface area contributed by atoms with E-state index < -0.39 is 11.9 Å². The molecule has 17 heavy (non-hydrogen) atoms. The Morgan fingerprint density at radius 3 is 3.00 bits per heavy atom. The van der Waals surface area contributed by atoms with Crippen LogP contribution < -0.4 is 0 Å². The van der Waals surface area contributed by atoms with Crippen molar-refractivity contribution in [3.63, 3.8) is 0 Å². The van der Waals surface area contributed by atoms with Gasteiger partial charge in [-0.3, -0.25) is 0 Å². The Labute approximate surface area is 99.3 Å². The third kappa shape index (κ3) is 1.22. The molecule has 1 heterocycles. The molecule has 0 aromatic carbocycles. The number of hydrogen-bond donors (Lipinski definition) is 1. The molecular weight excluding hydrogens is 224 g/mol. The highest BCUT2D eigenvalue weighted by Crippen LogP contribution is 2.56. The molecule has 5 atom stereocenters. The predicted octanol–water partition coefficient (Wildman–Crippen LogP) is 0.0855. The molecular formula is C12H16O5. The number of hydrogen-bond acceptors (Lipinski definition) is 5. The number of carbonyl (C=O) groups excluding carboxylic acids is 1. The minimum atomic E-state index is -1.05. The molecule has 0 aromatic rings. The van der Waals surface area contributed by atoms with Crippen LogP contribution >= 0.6 is 0 Å². The maximum atomic E-state index is 11.8. The zero-order valence-electron chi connectivity index (χ0n) is 9.88. The van der Waals surface area contributed by atoms with Crippen LogP contribution in [-0.4, -0.2) is 43.8 Å². The standard InChI is InChI=1S/C12H16O5/c1-15-11(14)8-4-6-3-7-5-17-12(16-2,9(7)8)10(6)13/h4,6-7,9-10,13H,3,5H2,1-2H3/t6-,7-,9+,10+,12+/m0/s1. The van der Waals surface area contributed by atoms with Crippen molar-refractivity contribution in [2.45, 2.75) is 18.3 Å². The van der Waals surface area contributed by atoms with Gasteiger partial charge in [0, 0.05) is 18.6 Å². The lowest BCUT2D eigenvalue weighted by molar-refractivity contribution is -0.279. The van der Waals surface area contributed by atoms with Crippen LogP contribution in [0.1, 0.15) is 6.42 Å². The van der Waals surface area contributed by atoms with Gasteiger partial charge in [0.25, 0.3) is 0 Å². The number of carbonyl (C=O) groups is 1. The van der Waals surface area contributed by atoms with Crippen molar-refractivity contribution >= 4 is 5.97 Å². The van der Waals surface area contributed by atoms with Crippen LogP contribution in [0, 0.1) is 17.8 Å². The Morgan fingerprint density at radius 1 is 1.59 bits per heavy atom. The Balaban J connectivity index is 2.07. The first-order chi connectivity index (χ1) is 8.14. The van der Waals surface area contributed by atoms with E-state index in [0.717, 1.165) is 6.42 Å². The highest BCUT2D eigenvalue weighted by molar-refractivity contribution is 5.90. The average Bonchev–Trinajstić information content (AvgIpc) is 2.70. The van der Waals surface area contributed by atoms with Crippen molar-refractivity contribution in [3.8, 4) is 0 Å². The first-order valence-electron chi connectivity index (χ1n) is 5.81. The van der Waals surface area contributed by atoms with Crippen LogP contribution in [-0.2, 0) is 19.0 Å². The topological polar surface area (TPSA) is 65.0 Å². The van der Waals surface area contributed by atoms with Gasteiger partial charge >= 0.3 is 5.97 Å². The first-order valence-corrected chi connectivity index (χ1v) is 5.81. The van der Waals surface area contributed by atoms with Crippen LogP contribution in [0.15, 0.2) is 11.6 Å². The summed E-state index contributed by atoms with van der Waals surface area (Å²) in [5, 5.41) is 10.3. The molecule has 2 fully saturated rings. The van der Waals surface area contributed by atoms with E-state index >= 15 is 0 Å². The predicted molar refractivity (Wildman–Crippen MR) is 56.9 cm³/mol. The fourth-order valence-electron chi connectivity index (χ4n) is 3.59. The van der Waals surface area contributed by atoms with Gasteiger partial charge in [-0.15, -0.1) is 0 Å². The molecule has 5 nitrogen and oxygen atoms in total. The zero-order valence-corrected chi connectivity index (χ0v) is 9.88. The van der Waals surface area contributed by atoms with E-state index in [0.29, 0.717) is 12.2 Å². The maximum absolute atomic E-state index is 11.8. The average molecular weight is 240 g/mol. The third-order valence-corrected chi connectivity index (χ3v) is 4.29. The summed E-state index contributed by atoms with van der Waals surface area (Å²) >= 11 is 0. The molecule has 0 aromatic heterocycles. The molecule has 1 aliphatic heterocycles. The summed E-state index contributed by atoms with van der Waals surface area (Å²) in [6.45, 7) is 0.528. The summed E-state index contributed by atoms with van der Waals surface area (Å²) in [7, 11) is 2.88. The molecule has 1 N–H and O–H groups in total. The summed E-state index contributed by atoms with van der Waals surface area (Å²) in [6, 6.07) is 0. The second-order valence-corrected chi connectivity index (χ2v) is 4.93. The van der Waals surface area contributed by atoms with E-state index in [4.69, 9.17) is 14.2 Å². The minimum absolute atomic E-state index is 0.0819.